The van der Waals surface area contributed by atoms with Crippen molar-refractivity contribution in [1.29, 1.82) is 0 Å². The van der Waals surface area contributed by atoms with Gasteiger partial charge in [0.1, 0.15) is 5.70 Å². The molecule has 0 radical (unpaired) electrons. The van der Waals surface area contributed by atoms with E-state index in [4.69, 9.17) is 11.6 Å². The number of anilines is 2. The fourth-order valence-corrected chi connectivity index (χ4v) is 3.78. The lowest BCUT2D eigenvalue weighted by Crippen LogP contribution is -2.35. The smallest absolute Gasteiger partial charge is 0.282 e. The number of carbonyl (C=O) groups excluding carboxylic acids is 2. The van der Waals surface area contributed by atoms with Crippen molar-refractivity contribution in [2.45, 2.75) is 13.8 Å². The van der Waals surface area contributed by atoms with Crippen LogP contribution in [-0.4, -0.2) is 18.4 Å². The van der Waals surface area contributed by atoms with Crippen molar-refractivity contribution in [3.05, 3.63) is 101 Å². The molecule has 1 heterocycles. The van der Waals surface area contributed by atoms with Crippen LogP contribution in [0.15, 0.2) is 84.6 Å². The summed E-state index contributed by atoms with van der Waals surface area (Å²) < 4.78 is 0. The Morgan fingerprint density at radius 1 is 0.833 bits per heavy atom. The zero-order valence-corrected chi connectivity index (χ0v) is 17.6. The standard InChI is InChI=1S/C25H21ClN2O2/c1-3-27(20-7-5-4-6-8-20)23-22(18-11-9-17(2)10-12-18)24(29)28(25(23)30)21-15-13-19(26)14-16-21/h4-16H,3H2,1-2H3. The van der Waals surface area contributed by atoms with Gasteiger partial charge in [0, 0.05) is 17.3 Å². The third kappa shape index (κ3) is 3.51. The van der Waals surface area contributed by atoms with Gasteiger partial charge in [-0.1, -0.05) is 59.6 Å². The monoisotopic (exact) mass is 416 g/mol. The van der Waals surface area contributed by atoms with E-state index in [1.807, 2.05) is 73.3 Å². The van der Waals surface area contributed by atoms with E-state index in [-0.39, 0.29) is 11.8 Å². The van der Waals surface area contributed by atoms with Gasteiger partial charge in [-0.15, -0.1) is 0 Å². The number of benzene rings is 3. The summed E-state index contributed by atoms with van der Waals surface area (Å²) in [7, 11) is 0. The summed E-state index contributed by atoms with van der Waals surface area (Å²) >= 11 is 6.01. The van der Waals surface area contributed by atoms with E-state index in [1.165, 1.54) is 4.90 Å². The lowest BCUT2D eigenvalue weighted by atomic mass is 10.0. The second kappa shape index (κ2) is 8.17. The molecule has 3 aromatic carbocycles. The topological polar surface area (TPSA) is 40.6 Å². The second-order valence-corrected chi connectivity index (χ2v) is 7.53. The summed E-state index contributed by atoms with van der Waals surface area (Å²) in [5, 5.41) is 0.546. The maximum absolute atomic E-state index is 13.6. The molecule has 0 N–H and O–H groups in total. The molecule has 150 valence electrons. The maximum atomic E-state index is 13.6. The van der Waals surface area contributed by atoms with Crippen LogP contribution in [0.1, 0.15) is 18.1 Å². The SMILES string of the molecule is CCN(C1=C(c2ccc(C)cc2)C(=O)N(c2ccc(Cl)cc2)C1=O)c1ccccc1. The number of nitrogens with zero attached hydrogens (tertiary/aromatic N) is 2. The number of carbonyl (C=O) groups is 2. The lowest BCUT2D eigenvalue weighted by molar-refractivity contribution is -0.120. The molecule has 0 bridgehead atoms. The summed E-state index contributed by atoms with van der Waals surface area (Å²) in [5.41, 5.74) is 3.95. The number of hydrogen-bond donors (Lipinski definition) is 0. The van der Waals surface area contributed by atoms with Gasteiger partial charge in [-0.2, -0.15) is 0 Å². The summed E-state index contributed by atoms with van der Waals surface area (Å²) in [6.07, 6.45) is 0. The lowest BCUT2D eigenvalue weighted by Gasteiger charge is -2.25. The first kappa shape index (κ1) is 19.9. The first-order valence-electron chi connectivity index (χ1n) is 9.79. The van der Waals surface area contributed by atoms with Crippen molar-refractivity contribution < 1.29 is 9.59 Å². The highest BCUT2D eigenvalue weighted by Crippen LogP contribution is 2.37. The van der Waals surface area contributed by atoms with Gasteiger partial charge in [0.25, 0.3) is 11.8 Å². The van der Waals surface area contributed by atoms with Crippen molar-refractivity contribution in [3.8, 4) is 0 Å². The zero-order valence-electron chi connectivity index (χ0n) is 16.8. The first-order chi connectivity index (χ1) is 14.5. The van der Waals surface area contributed by atoms with Gasteiger partial charge in [0.05, 0.1) is 11.3 Å². The summed E-state index contributed by atoms with van der Waals surface area (Å²) in [6.45, 7) is 4.50. The second-order valence-electron chi connectivity index (χ2n) is 7.09. The molecular weight excluding hydrogens is 396 g/mol. The number of hydrogen-bond acceptors (Lipinski definition) is 3. The molecule has 4 rings (SSSR count). The van der Waals surface area contributed by atoms with Gasteiger partial charge in [-0.05, 0) is 55.8 Å². The van der Waals surface area contributed by atoms with Crippen LogP contribution in [0.2, 0.25) is 5.02 Å². The number of aryl methyl sites for hydroxylation is 1. The molecule has 2 amide bonds. The Morgan fingerprint density at radius 3 is 2.07 bits per heavy atom. The Balaban J connectivity index is 1.90. The van der Waals surface area contributed by atoms with E-state index in [0.29, 0.717) is 28.5 Å². The summed E-state index contributed by atoms with van der Waals surface area (Å²) in [5.74, 6) is -0.681. The van der Waals surface area contributed by atoms with Crippen LogP contribution in [0.25, 0.3) is 5.57 Å². The number of likely N-dealkylation sites (N-methyl/N-ethyl adjacent to an activating group) is 1. The van der Waals surface area contributed by atoms with Crippen LogP contribution in [0.3, 0.4) is 0 Å². The van der Waals surface area contributed by atoms with Gasteiger partial charge in [-0.25, -0.2) is 4.90 Å². The van der Waals surface area contributed by atoms with Crippen molar-refractivity contribution in [3.63, 3.8) is 0 Å². The summed E-state index contributed by atoms with van der Waals surface area (Å²) in [6, 6.07) is 24.0. The Morgan fingerprint density at radius 2 is 1.47 bits per heavy atom. The molecule has 0 aromatic heterocycles. The molecule has 0 unspecified atom stereocenters. The molecule has 1 aliphatic rings. The fourth-order valence-electron chi connectivity index (χ4n) is 3.65. The quantitative estimate of drug-likeness (QED) is 0.518. The zero-order chi connectivity index (χ0) is 21.3. The van der Waals surface area contributed by atoms with Crippen molar-refractivity contribution in [2.24, 2.45) is 0 Å². The van der Waals surface area contributed by atoms with Crippen LogP contribution in [0.5, 0.6) is 0 Å². The molecular formula is C25H21ClN2O2. The third-order valence-electron chi connectivity index (χ3n) is 5.14. The molecule has 1 aliphatic heterocycles. The minimum atomic E-state index is -0.344. The van der Waals surface area contributed by atoms with Crippen LogP contribution >= 0.6 is 11.6 Å². The molecule has 0 aliphatic carbocycles. The highest BCUT2D eigenvalue weighted by molar-refractivity contribution is 6.46. The van der Waals surface area contributed by atoms with Crippen LogP contribution in [-0.2, 0) is 9.59 Å². The van der Waals surface area contributed by atoms with Gasteiger partial charge in [0.15, 0.2) is 0 Å². The Hall–Kier alpha value is -3.37. The Bertz CT molecular complexity index is 1120. The molecule has 30 heavy (non-hydrogen) atoms. The first-order valence-corrected chi connectivity index (χ1v) is 10.2. The highest BCUT2D eigenvalue weighted by Gasteiger charge is 2.42. The fraction of sp³-hybridized carbons (Fsp3) is 0.120. The average Bonchev–Trinajstić information content (AvgIpc) is 3.01. The van der Waals surface area contributed by atoms with E-state index in [0.717, 1.165) is 16.8 Å². The highest BCUT2D eigenvalue weighted by atomic mass is 35.5. The van der Waals surface area contributed by atoms with E-state index in [1.54, 1.807) is 24.3 Å². The predicted octanol–water partition coefficient (Wildman–Crippen LogP) is 5.46. The largest absolute Gasteiger partial charge is 0.337 e. The average molecular weight is 417 g/mol. The molecule has 0 spiro atoms. The van der Waals surface area contributed by atoms with E-state index < -0.39 is 0 Å². The van der Waals surface area contributed by atoms with Crippen molar-refractivity contribution >= 4 is 40.4 Å². The van der Waals surface area contributed by atoms with Gasteiger partial charge < -0.3 is 4.90 Å². The normalized spacial score (nSPS) is 13.9. The van der Waals surface area contributed by atoms with Gasteiger partial charge in [0.2, 0.25) is 0 Å². The molecule has 3 aromatic rings. The number of para-hydroxylation sites is 1. The van der Waals surface area contributed by atoms with Crippen LogP contribution < -0.4 is 9.80 Å². The van der Waals surface area contributed by atoms with E-state index >= 15 is 0 Å². The number of rotatable bonds is 5. The van der Waals surface area contributed by atoms with Gasteiger partial charge >= 0.3 is 0 Å². The predicted molar refractivity (Wildman–Crippen MR) is 122 cm³/mol. The number of imide groups is 1. The van der Waals surface area contributed by atoms with Crippen molar-refractivity contribution in [1.82, 2.24) is 0 Å². The van der Waals surface area contributed by atoms with Crippen LogP contribution in [0, 0.1) is 6.92 Å². The number of halogens is 1. The molecule has 0 atom stereocenters. The molecule has 0 saturated heterocycles. The molecule has 5 heteroatoms. The minimum Gasteiger partial charge on any atom is -0.337 e. The van der Waals surface area contributed by atoms with Gasteiger partial charge in [-0.3, -0.25) is 9.59 Å². The maximum Gasteiger partial charge on any atom is 0.282 e. The summed E-state index contributed by atoms with van der Waals surface area (Å²) in [4.78, 5) is 30.3. The van der Waals surface area contributed by atoms with Crippen molar-refractivity contribution in [2.75, 3.05) is 16.3 Å². The Kier molecular flexibility index (Phi) is 5.42. The molecule has 0 saturated carbocycles. The third-order valence-corrected chi connectivity index (χ3v) is 5.39. The molecule has 0 fully saturated rings. The van der Waals surface area contributed by atoms with Crippen LogP contribution in [0.4, 0.5) is 11.4 Å². The van der Waals surface area contributed by atoms with E-state index in [2.05, 4.69) is 0 Å². The van der Waals surface area contributed by atoms with E-state index in [9.17, 15) is 9.59 Å². The minimum absolute atomic E-state index is 0.337. The Labute approximate surface area is 181 Å². The number of amides is 2. The molecule has 4 nitrogen and oxygen atoms in total.